The number of likely N-dealkylation sites (N-methyl/N-ethyl adjacent to an activating group) is 1. The number of benzene rings is 1. The molecular weight excluding hydrogens is 558 g/mol. The molecule has 2 amide bonds. The van der Waals surface area contributed by atoms with Crippen molar-refractivity contribution in [1.82, 2.24) is 15.5 Å². The first kappa shape index (κ1) is 40.5. The number of likely N-dealkylation sites (tertiary alicyclic amines) is 1. The summed E-state index contributed by atoms with van der Waals surface area (Å²) in [6, 6.07) is 6.61. The Morgan fingerprint density at radius 1 is 1.14 bits per heavy atom. The fraction of sp³-hybridized carbons (Fsp3) is 0.647. The van der Waals surface area contributed by atoms with Crippen LogP contribution in [0.5, 0.6) is 0 Å². The number of piperidine rings is 1. The van der Waals surface area contributed by atoms with Gasteiger partial charge in [-0.05, 0) is 100 Å². The van der Waals surface area contributed by atoms with E-state index >= 15 is 0 Å². The van der Waals surface area contributed by atoms with Gasteiger partial charge in [0.25, 0.3) is 0 Å². The van der Waals surface area contributed by atoms with Crippen molar-refractivity contribution in [3.63, 3.8) is 0 Å². The van der Waals surface area contributed by atoms with Crippen LogP contribution in [-0.2, 0) is 20.8 Å². The van der Waals surface area contributed by atoms with Crippen molar-refractivity contribution in [3.05, 3.63) is 35.9 Å². The maximum Gasteiger partial charge on any atom is 0.220 e. The zero-order valence-corrected chi connectivity index (χ0v) is 28.2. The van der Waals surface area contributed by atoms with E-state index in [4.69, 9.17) is 4.79 Å². The third-order valence-electron chi connectivity index (χ3n) is 7.19. The SMILES string of the molecule is C=C(C=O)CN1CCCCC1.C=Nc1ccc(CC)cc1SCCCC(=O)NC(CNC)C1CCCC1.CCC.NC=O. The van der Waals surface area contributed by atoms with E-state index in [1.165, 1.54) is 61.8 Å². The number of carbonyl (C=O) groups excluding carboxylic acids is 3. The molecule has 0 aromatic heterocycles. The Hall–Kier alpha value is -2.49. The highest BCUT2D eigenvalue weighted by Crippen LogP contribution is 2.31. The number of thioether (sulfide) groups is 1. The molecule has 0 spiro atoms. The summed E-state index contributed by atoms with van der Waals surface area (Å²) in [4.78, 5) is 38.7. The summed E-state index contributed by atoms with van der Waals surface area (Å²) in [7, 11) is 1.96. The molecule has 0 bridgehead atoms. The molecule has 9 heteroatoms. The average Bonchev–Trinajstić information content (AvgIpc) is 3.56. The van der Waals surface area contributed by atoms with Crippen LogP contribution < -0.4 is 16.4 Å². The van der Waals surface area contributed by atoms with Crippen LogP contribution in [0.2, 0.25) is 0 Å². The summed E-state index contributed by atoms with van der Waals surface area (Å²) < 4.78 is 0. The number of primary amides is 1. The first-order chi connectivity index (χ1) is 20.8. The van der Waals surface area contributed by atoms with Crippen molar-refractivity contribution in [2.24, 2.45) is 16.6 Å². The van der Waals surface area contributed by atoms with E-state index < -0.39 is 0 Å². The van der Waals surface area contributed by atoms with Gasteiger partial charge in [0.05, 0.1) is 5.69 Å². The predicted molar refractivity (Wildman–Crippen MR) is 185 cm³/mol. The molecule has 2 fully saturated rings. The zero-order chi connectivity index (χ0) is 32.3. The number of amides is 2. The van der Waals surface area contributed by atoms with E-state index in [0.717, 1.165) is 56.7 Å². The fourth-order valence-electron chi connectivity index (χ4n) is 5.08. The standard InChI is InChI=1S/C21H33N3OS.C9H15NO.C3H8.CH3NO/c1-4-16-11-12-18(23-3)20(14-16)26-13-7-10-21(25)24-19(15-22-2)17-8-5-6-9-17;1-9(8-11)7-10-5-3-2-4-6-10;1-3-2;2-1-3/h11-12,14,17,19,22H,3-10,13,15H2,1-2H3,(H,24,25);8H,1-7H2;3H2,1-2H3;1H,(H2,2,3). The molecule has 1 aromatic carbocycles. The highest BCUT2D eigenvalue weighted by atomic mass is 32.2. The van der Waals surface area contributed by atoms with E-state index in [2.05, 4.69) is 72.5 Å². The average molecular weight is 618 g/mol. The quantitative estimate of drug-likeness (QED) is 0.0765. The molecule has 1 saturated heterocycles. The lowest BCUT2D eigenvalue weighted by Gasteiger charge is -2.25. The van der Waals surface area contributed by atoms with Gasteiger partial charge in [0, 0.05) is 30.4 Å². The molecule has 1 heterocycles. The van der Waals surface area contributed by atoms with Gasteiger partial charge in [0.2, 0.25) is 12.3 Å². The van der Waals surface area contributed by atoms with Crippen LogP contribution in [0.15, 0.2) is 40.2 Å². The molecule has 1 aliphatic carbocycles. The van der Waals surface area contributed by atoms with Crippen LogP contribution in [-0.4, -0.2) is 75.2 Å². The lowest BCUT2D eigenvalue weighted by molar-refractivity contribution is -0.122. The molecule has 1 aromatic rings. The number of nitrogens with zero attached hydrogens (tertiary/aromatic N) is 2. The van der Waals surface area contributed by atoms with Crippen molar-refractivity contribution in [1.29, 1.82) is 0 Å². The van der Waals surface area contributed by atoms with Gasteiger partial charge in [-0.25, -0.2) is 0 Å². The third kappa shape index (κ3) is 19.4. The van der Waals surface area contributed by atoms with Crippen molar-refractivity contribution in [2.75, 3.05) is 39.0 Å². The highest BCUT2D eigenvalue weighted by molar-refractivity contribution is 7.99. The van der Waals surface area contributed by atoms with E-state index in [-0.39, 0.29) is 18.4 Å². The van der Waals surface area contributed by atoms with Crippen molar-refractivity contribution >= 4 is 42.8 Å². The number of hydrogen-bond acceptors (Lipinski definition) is 7. The molecule has 4 N–H and O–H groups in total. The molecule has 3 rings (SSSR count). The van der Waals surface area contributed by atoms with Crippen LogP contribution in [0.25, 0.3) is 0 Å². The minimum Gasteiger partial charge on any atom is -0.372 e. The zero-order valence-electron chi connectivity index (χ0n) is 27.4. The summed E-state index contributed by atoms with van der Waals surface area (Å²) in [6.45, 7) is 17.6. The Labute approximate surface area is 266 Å². The van der Waals surface area contributed by atoms with Crippen molar-refractivity contribution in [2.45, 2.75) is 102 Å². The molecule has 1 aliphatic heterocycles. The second kappa shape index (κ2) is 27.1. The highest BCUT2D eigenvalue weighted by Gasteiger charge is 2.25. The van der Waals surface area contributed by atoms with Gasteiger partial charge >= 0.3 is 0 Å². The normalized spacial score (nSPS) is 15.3. The van der Waals surface area contributed by atoms with Gasteiger partial charge in [-0.2, -0.15) is 0 Å². The maximum atomic E-state index is 12.3. The van der Waals surface area contributed by atoms with Crippen LogP contribution in [0.1, 0.15) is 90.5 Å². The van der Waals surface area contributed by atoms with Gasteiger partial charge in [-0.15, -0.1) is 11.8 Å². The van der Waals surface area contributed by atoms with Crippen molar-refractivity contribution < 1.29 is 14.4 Å². The van der Waals surface area contributed by atoms with Crippen LogP contribution >= 0.6 is 11.8 Å². The Bertz CT molecular complexity index is 915. The molecule has 0 radical (unpaired) electrons. The Morgan fingerprint density at radius 2 is 1.77 bits per heavy atom. The second-order valence-electron chi connectivity index (χ2n) is 11.0. The largest absolute Gasteiger partial charge is 0.372 e. The third-order valence-corrected chi connectivity index (χ3v) is 8.32. The molecule has 1 saturated carbocycles. The summed E-state index contributed by atoms with van der Waals surface area (Å²) in [5.74, 6) is 1.74. The molecule has 2 aliphatic rings. The molecular formula is C34H59N5O3S. The first-order valence-corrected chi connectivity index (χ1v) is 17.0. The van der Waals surface area contributed by atoms with E-state index in [0.29, 0.717) is 17.9 Å². The van der Waals surface area contributed by atoms with Crippen LogP contribution in [0.3, 0.4) is 0 Å². The number of aldehydes is 1. The number of aryl methyl sites for hydroxylation is 1. The molecule has 244 valence electrons. The summed E-state index contributed by atoms with van der Waals surface area (Å²) >= 11 is 1.77. The second-order valence-corrected chi connectivity index (χ2v) is 12.1. The first-order valence-electron chi connectivity index (χ1n) is 16.0. The molecule has 1 unspecified atom stereocenters. The topological polar surface area (TPSA) is 117 Å². The van der Waals surface area contributed by atoms with Crippen LogP contribution in [0.4, 0.5) is 5.69 Å². The van der Waals surface area contributed by atoms with Gasteiger partial charge in [0.15, 0.2) is 0 Å². The maximum absolute atomic E-state index is 12.3. The molecule has 8 nitrogen and oxygen atoms in total. The van der Waals surface area contributed by atoms with Gasteiger partial charge in [-0.1, -0.05) is 59.1 Å². The molecule has 1 atom stereocenters. The Morgan fingerprint density at radius 3 is 2.30 bits per heavy atom. The summed E-state index contributed by atoms with van der Waals surface area (Å²) in [6.07, 6.45) is 13.8. The summed E-state index contributed by atoms with van der Waals surface area (Å²) in [5, 5.41) is 6.49. The van der Waals surface area contributed by atoms with Gasteiger partial charge in [0.1, 0.15) is 6.29 Å². The number of nitrogens with two attached hydrogens (primary N) is 1. The number of aliphatic imine (C=N–C) groups is 1. The fourth-order valence-corrected chi connectivity index (χ4v) is 6.10. The number of rotatable bonds is 14. The number of carbonyl (C=O) groups is 3. The predicted octanol–water partition coefficient (Wildman–Crippen LogP) is 6.09. The monoisotopic (exact) mass is 617 g/mol. The lowest BCUT2D eigenvalue weighted by Crippen LogP contribution is -2.45. The molecule has 43 heavy (non-hydrogen) atoms. The number of nitrogens with one attached hydrogen (secondary N) is 2. The van der Waals surface area contributed by atoms with Crippen LogP contribution in [0, 0.1) is 5.92 Å². The lowest BCUT2D eigenvalue weighted by atomic mass is 9.98. The smallest absolute Gasteiger partial charge is 0.220 e. The van der Waals surface area contributed by atoms with Gasteiger partial charge < -0.3 is 16.4 Å². The minimum absolute atomic E-state index is 0.183. The van der Waals surface area contributed by atoms with Gasteiger partial charge in [-0.3, -0.25) is 24.3 Å². The van der Waals surface area contributed by atoms with E-state index in [1.807, 2.05) is 13.1 Å². The van der Waals surface area contributed by atoms with Crippen molar-refractivity contribution in [3.8, 4) is 0 Å². The Balaban J connectivity index is 0.000000853. The number of hydrogen-bond donors (Lipinski definition) is 3. The Kier molecular flexibility index (Phi) is 25.5. The minimum atomic E-state index is 0.183. The van der Waals surface area contributed by atoms with E-state index in [1.54, 1.807) is 11.8 Å². The summed E-state index contributed by atoms with van der Waals surface area (Å²) in [5.41, 5.74) is 7.11. The van der Waals surface area contributed by atoms with E-state index in [9.17, 15) is 9.59 Å².